The number of urea groups is 1. The molecule has 8 heteroatoms. The number of likely N-dealkylation sites (tertiary alicyclic amines) is 1. The van der Waals surface area contributed by atoms with E-state index in [9.17, 15) is 13.2 Å². The van der Waals surface area contributed by atoms with E-state index in [0.29, 0.717) is 19.6 Å². The monoisotopic (exact) mass is 301 g/mol. The fraction of sp³-hybridized carbons (Fsp3) is 0.583. The van der Waals surface area contributed by atoms with Crippen molar-refractivity contribution in [2.24, 2.45) is 0 Å². The standard InChI is InChI=1S/C12H19N3O4S/c1-20(17,18)14-11-3-2-5-15(8-11)12(16)13-7-10-4-6-19-9-10/h4,6,9,11,14H,2-3,5,7-8H2,1H3,(H,13,16)/t11-/m1/s1. The van der Waals surface area contributed by atoms with Gasteiger partial charge in [-0.1, -0.05) is 0 Å². The Balaban J connectivity index is 1.83. The van der Waals surface area contributed by atoms with Crippen LogP contribution in [-0.4, -0.2) is 44.7 Å². The molecule has 2 N–H and O–H groups in total. The van der Waals surface area contributed by atoms with Crippen molar-refractivity contribution in [2.75, 3.05) is 19.3 Å². The van der Waals surface area contributed by atoms with E-state index >= 15 is 0 Å². The molecule has 1 saturated heterocycles. The fourth-order valence-corrected chi connectivity index (χ4v) is 3.04. The number of carbonyl (C=O) groups excluding carboxylic acids is 1. The molecule has 20 heavy (non-hydrogen) atoms. The minimum absolute atomic E-state index is 0.189. The number of furan rings is 1. The molecule has 2 rings (SSSR count). The van der Waals surface area contributed by atoms with Gasteiger partial charge in [0.05, 0.1) is 18.8 Å². The van der Waals surface area contributed by atoms with Crippen molar-refractivity contribution >= 4 is 16.1 Å². The number of amides is 2. The van der Waals surface area contributed by atoms with Gasteiger partial charge in [-0.15, -0.1) is 0 Å². The summed E-state index contributed by atoms with van der Waals surface area (Å²) in [7, 11) is -3.24. The summed E-state index contributed by atoms with van der Waals surface area (Å²) in [6.07, 6.45) is 5.79. The van der Waals surface area contributed by atoms with E-state index in [2.05, 4.69) is 10.0 Å². The van der Waals surface area contributed by atoms with Crippen LogP contribution < -0.4 is 10.0 Å². The van der Waals surface area contributed by atoms with Crippen molar-refractivity contribution in [3.05, 3.63) is 24.2 Å². The Morgan fingerprint density at radius 3 is 3.00 bits per heavy atom. The van der Waals surface area contributed by atoms with E-state index in [1.54, 1.807) is 23.5 Å². The molecule has 0 radical (unpaired) electrons. The van der Waals surface area contributed by atoms with Gasteiger partial charge >= 0.3 is 6.03 Å². The van der Waals surface area contributed by atoms with Crippen LogP contribution in [0.25, 0.3) is 0 Å². The summed E-state index contributed by atoms with van der Waals surface area (Å²) in [4.78, 5) is 13.6. The summed E-state index contributed by atoms with van der Waals surface area (Å²) in [6.45, 7) is 1.43. The van der Waals surface area contributed by atoms with Gasteiger partial charge in [0.15, 0.2) is 0 Å². The Hall–Kier alpha value is -1.54. The summed E-state index contributed by atoms with van der Waals surface area (Å²) < 4.78 is 29.9. The van der Waals surface area contributed by atoms with Crippen LogP contribution in [0.4, 0.5) is 4.79 Å². The number of nitrogens with zero attached hydrogens (tertiary/aromatic N) is 1. The summed E-state index contributed by atoms with van der Waals surface area (Å²) >= 11 is 0. The zero-order valence-electron chi connectivity index (χ0n) is 11.3. The van der Waals surface area contributed by atoms with Crippen molar-refractivity contribution in [3.8, 4) is 0 Å². The molecule has 0 spiro atoms. The number of carbonyl (C=O) groups is 1. The van der Waals surface area contributed by atoms with Crippen molar-refractivity contribution in [2.45, 2.75) is 25.4 Å². The number of nitrogens with one attached hydrogen (secondary N) is 2. The highest BCUT2D eigenvalue weighted by molar-refractivity contribution is 7.88. The lowest BCUT2D eigenvalue weighted by atomic mass is 10.1. The van der Waals surface area contributed by atoms with Gasteiger partial charge < -0.3 is 14.6 Å². The maximum absolute atomic E-state index is 12.0. The number of sulfonamides is 1. The average Bonchev–Trinajstić information content (AvgIpc) is 2.87. The molecule has 0 unspecified atom stereocenters. The lowest BCUT2D eigenvalue weighted by Crippen LogP contribution is -2.51. The highest BCUT2D eigenvalue weighted by Gasteiger charge is 2.25. The first-order valence-electron chi connectivity index (χ1n) is 6.45. The Bertz CT molecular complexity index is 541. The molecule has 1 aliphatic rings. The minimum Gasteiger partial charge on any atom is -0.472 e. The molecule has 1 fully saturated rings. The maximum Gasteiger partial charge on any atom is 0.317 e. The number of hydrogen-bond donors (Lipinski definition) is 2. The molecule has 7 nitrogen and oxygen atoms in total. The topological polar surface area (TPSA) is 91.7 Å². The van der Waals surface area contributed by atoms with Crippen LogP contribution in [0, 0.1) is 0 Å². The predicted molar refractivity (Wildman–Crippen MR) is 73.5 cm³/mol. The molecule has 2 heterocycles. The molecule has 1 aromatic rings. The molecule has 0 bridgehead atoms. The van der Waals surface area contributed by atoms with Gasteiger partial charge in [0.1, 0.15) is 0 Å². The van der Waals surface area contributed by atoms with Gasteiger partial charge in [-0.05, 0) is 18.9 Å². The number of hydrogen-bond acceptors (Lipinski definition) is 4. The van der Waals surface area contributed by atoms with Crippen LogP contribution in [0.3, 0.4) is 0 Å². The van der Waals surface area contributed by atoms with Crippen LogP contribution in [-0.2, 0) is 16.6 Å². The molecule has 1 atom stereocenters. The van der Waals surface area contributed by atoms with Gasteiger partial charge in [0, 0.05) is 31.2 Å². The van der Waals surface area contributed by atoms with Crippen LogP contribution in [0.15, 0.2) is 23.0 Å². The van der Waals surface area contributed by atoms with Crippen molar-refractivity contribution < 1.29 is 17.6 Å². The minimum atomic E-state index is -3.24. The largest absolute Gasteiger partial charge is 0.472 e. The van der Waals surface area contributed by atoms with Gasteiger partial charge in [-0.2, -0.15) is 0 Å². The molecule has 0 aliphatic carbocycles. The first-order valence-corrected chi connectivity index (χ1v) is 8.34. The Labute approximate surface area is 118 Å². The van der Waals surface area contributed by atoms with Crippen LogP contribution >= 0.6 is 0 Å². The number of rotatable bonds is 4. The summed E-state index contributed by atoms with van der Waals surface area (Å²) in [5, 5.41) is 2.79. The van der Waals surface area contributed by atoms with Crippen molar-refractivity contribution in [3.63, 3.8) is 0 Å². The SMILES string of the molecule is CS(=O)(=O)N[C@@H]1CCCN(C(=O)NCc2ccoc2)C1. The maximum atomic E-state index is 12.0. The Morgan fingerprint density at radius 2 is 2.35 bits per heavy atom. The highest BCUT2D eigenvalue weighted by Crippen LogP contribution is 2.11. The summed E-state index contributed by atoms with van der Waals surface area (Å²) in [5.41, 5.74) is 0.890. The van der Waals surface area contributed by atoms with Gasteiger partial charge in [-0.25, -0.2) is 17.9 Å². The molecular formula is C12H19N3O4S. The van der Waals surface area contributed by atoms with Crippen LogP contribution in [0.1, 0.15) is 18.4 Å². The van der Waals surface area contributed by atoms with E-state index in [-0.39, 0.29) is 12.1 Å². The van der Waals surface area contributed by atoms with Gasteiger partial charge in [0.2, 0.25) is 10.0 Å². The molecule has 0 aromatic carbocycles. The third-order valence-corrected chi connectivity index (χ3v) is 3.87. The third kappa shape index (κ3) is 4.53. The first-order chi connectivity index (χ1) is 9.44. The predicted octanol–water partition coefficient (Wildman–Crippen LogP) is 0.503. The molecule has 2 amide bonds. The third-order valence-electron chi connectivity index (χ3n) is 3.11. The van der Waals surface area contributed by atoms with E-state index < -0.39 is 10.0 Å². The Kier molecular flexibility index (Phi) is 4.66. The molecule has 1 aliphatic heterocycles. The zero-order chi connectivity index (χ0) is 14.6. The van der Waals surface area contributed by atoms with E-state index in [4.69, 9.17) is 4.42 Å². The second kappa shape index (κ2) is 6.27. The molecule has 1 aromatic heterocycles. The van der Waals surface area contributed by atoms with Crippen molar-refractivity contribution in [1.82, 2.24) is 14.9 Å². The average molecular weight is 301 g/mol. The van der Waals surface area contributed by atoms with Gasteiger partial charge in [-0.3, -0.25) is 0 Å². The smallest absolute Gasteiger partial charge is 0.317 e. The van der Waals surface area contributed by atoms with Crippen LogP contribution in [0.5, 0.6) is 0 Å². The molecule has 112 valence electrons. The van der Waals surface area contributed by atoms with E-state index in [1.807, 2.05) is 0 Å². The van der Waals surface area contributed by atoms with Crippen molar-refractivity contribution in [1.29, 1.82) is 0 Å². The Morgan fingerprint density at radius 1 is 1.55 bits per heavy atom. The summed E-state index contributed by atoms with van der Waals surface area (Å²) in [5.74, 6) is 0. The second-order valence-corrected chi connectivity index (χ2v) is 6.75. The fourth-order valence-electron chi connectivity index (χ4n) is 2.24. The van der Waals surface area contributed by atoms with E-state index in [0.717, 1.165) is 24.7 Å². The lowest BCUT2D eigenvalue weighted by Gasteiger charge is -2.32. The van der Waals surface area contributed by atoms with Gasteiger partial charge in [0.25, 0.3) is 0 Å². The highest BCUT2D eigenvalue weighted by atomic mass is 32.2. The zero-order valence-corrected chi connectivity index (χ0v) is 12.1. The first kappa shape index (κ1) is 14.9. The quantitative estimate of drug-likeness (QED) is 0.847. The normalized spacial score (nSPS) is 19.9. The number of piperidine rings is 1. The molecular weight excluding hydrogens is 282 g/mol. The second-order valence-electron chi connectivity index (χ2n) is 4.97. The van der Waals surface area contributed by atoms with E-state index in [1.165, 1.54) is 0 Å². The molecule has 0 saturated carbocycles. The lowest BCUT2D eigenvalue weighted by molar-refractivity contribution is 0.177. The van der Waals surface area contributed by atoms with Crippen LogP contribution in [0.2, 0.25) is 0 Å². The summed E-state index contributed by atoms with van der Waals surface area (Å²) in [6, 6.07) is 1.38.